The van der Waals surface area contributed by atoms with Crippen LogP contribution in [-0.4, -0.2) is 98.7 Å². The molecular formula is C64H121NO9. The van der Waals surface area contributed by atoms with Crippen molar-refractivity contribution in [1.82, 2.24) is 5.32 Å². The molecule has 1 aliphatic rings. The van der Waals surface area contributed by atoms with E-state index < -0.39 is 61.5 Å². The number of allylic oxidation sites excluding steroid dienone is 5. The highest BCUT2D eigenvalue weighted by atomic mass is 16.7. The van der Waals surface area contributed by atoms with Crippen LogP contribution in [0.5, 0.6) is 0 Å². The van der Waals surface area contributed by atoms with E-state index in [2.05, 4.69) is 43.5 Å². The fraction of sp³-hybridized carbons (Fsp3) is 0.891. The van der Waals surface area contributed by atoms with Crippen molar-refractivity contribution >= 4 is 5.91 Å². The molecule has 1 aliphatic heterocycles. The van der Waals surface area contributed by atoms with Gasteiger partial charge in [0.25, 0.3) is 0 Å². The van der Waals surface area contributed by atoms with Gasteiger partial charge >= 0.3 is 0 Å². The Labute approximate surface area is 455 Å². The van der Waals surface area contributed by atoms with Gasteiger partial charge in [0.2, 0.25) is 5.91 Å². The van der Waals surface area contributed by atoms with Crippen LogP contribution in [0, 0.1) is 0 Å². The molecule has 74 heavy (non-hydrogen) atoms. The van der Waals surface area contributed by atoms with E-state index in [1.54, 1.807) is 6.08 Å². The molecule has 8 unspecified atom stereocenters. The predicted octanol–water partition coefficient (Wildman–Crippen LogP) is 15.3. The van der Waals surface area contributed by atoms with E-state index in [1.165, 1.54) is 238 Å². The first kappa shape index (κ1) is 70.4. The summed E-state index contributed by atoms with van der Waals surface area (Å²) in [4.78, 5) is 13.1. The van der Waals surface area contributed by atoms with Crippen LogP contribution in [0.4, 0.5) is 0 Å². The zero-order valence-corrected chi connectivity index (χ0v) is 48.2. The van der Waals surface area contributed by atoms with E-state index in [1.807, 2.05) is 6.08 Å². The molecule has 0 aromatic carbocycles. The van der Waals surface area contributed by atoms with Crippen molar-refractivity contribution in [3.8, 4) is 0 Å². The number of aliphatic hydroxyl groups is 6. The number of carbonyl (C=O) groups excluding carboxylic acids is 1. The number of carbonyl (C=O) groups is 1. The Morgan fingerprint density at radius 2 is 0.797 bits per heavy atom. The molecule has 8 atom stereocenters. The van der Waals surface area contributed by atoms with E-state index in [9.17, 15) is 35.4 Å². The molecule has 0 saturated carbocycles. The monoisotopic (exact) mass is 1050 g/mol. The van der Waals surface area contributed by atoms with Crippen LogP contribution < -0.4 is 5.32 Å². The zero-order chi connectivity index (χ0) is 53.8. The molecule has 1 rings (SSSR count). The highest BCUT2D eigenvalue weighted by Gasteiger charge is 2.44. The molecule has 0 radical (unpaired) electrons. The number of aliphatic hydroxyl groups excluding tert-OH is 6. The Morgan fingerprint density at radius 1 is 0.459 bits per heavy atom. The lowest BCUT2D eigenvalue weighted by Gasteiger charge is -2.40. The average molecular weight is 1050 g/mol. The van der Waals surface area contributed by atoms with Gasteiger partial charge in [-0.15, -0.1) is 0 Å². The molecule has 0 bridgehead atoms. The first-order valence-corrected chi connectivity index (χ1v) is 31.8. The summed E-state index contributed by atoms with van der Waals surface area (Å²) in [5.41, 5.74) is 0. The molecule has 436 valence electrons. The summed E-state index contributed by atoms with van der Waals surface area (Å²) >= 11 is 0. The van der Waals surface area contributed by atoms with Crippen LogP contribution in [-0.2, 0) is 14.3 Å². The van der Waals surface area contributed by atoms with Gasteiger partial charge in [0, 0.05) is 0 Å². The third-order valence-corrected chi connectivity index (χ3v) is 15.3. The molecule has 1 heterocycles. The lowest BCUT2D eigenvalue weighted by atomic mass is 9.99. The topological polar surface area (TPSA) is 169 Å². The SMILES string of the molecule is CCCCCCCCCCC/C=C/CC/C=C/C(O)C(COC1OC(CO)C(O)C(O)C1O)NC(=O)C(O)CCCCCCCCCCCCCCCCCC/C=C\CCCCCCCCCCCCCCCC. The number of amides is 1. The number of hydrogen-bond acceptors (Lipinski definition) is 9. The standard InChI is InChI=1S/C64H121NO9/c1-3-5-7-9-11-13-15-17-19-20-21-22-23-24-25-26-27-28-29-30-31-32-33-34-35-36-37-39-41-43-45-47-49-51-53-58(68)63(72)65-56(55-73-64-62(71)61(70)60(69)59(54-66)74-64)57(67)52-50-48-46-44-42-40-38-18-16-14-12-10-8-6-4-2/h26-27,42,44,50,52,56-62,64,66-71H,3-25,28-41,43,45-49,51,53-55H2,1-2H3,(H,65,72)/b27-26-,44-42+,52-50+. The Morgan fingerprint density at radius 3 is 1.18 bits per heavy atom. The summed E-state index contributed by atoms with van der Waals surface area (Å²) in [5, 5.41) is 65.0. The van der Waals surface area contributed by atoms with Crippen molar-refractivity contribution in [2.45, 2.75) is 352 Å². The number of unbranched alkanes of at least 4 members (excludes halogenated alkanes) is 40. The van der Waals surface area contributed by atoms with E-state index >= 15 is 0 Å². The van der Waals surface area contributed by atoms with Crippen molar-refractivity contribution in [1.29, 1.82) is 0 Å². The Bertz CT molecular complexity index is 1280. The second kappa shape index (κ2) is 53.4. The molecule has 7 N–H and O–H groups in total. The van der Waals surface area contributed by atoms with Crippen molar-refractivity contribution in [3.05, 3.63) is 36.5 Å². The van der Waals surface area contributed by atoms with E-state index in [0.29, 0.717) is 19.3 Å². The largest absolute Gasteiger partial charge is 0.394 e. The van der Waals surface area contributed by atoms with Gasteiger partial charge in [-0.3, -0.25) is 4.79 Å². The maximum Gasteiger partial charge on any atom is 0.249 e. The minimum atomic E-state index is -1.62. The van der Waals surface area contributed by atoms with Crippen molar-refractivity contribution in [2.24, 2.45) is 0 Å². The van der Waals surface area contributed by atoms with Crippen LogP contribution in [0.25, 0.3) is 0 Å². The number of rotatable bonds is 55. The molecule has 1 amide bonds. The molecule has 1 saturated heterocycles. The van der Waals surface area contributed by atoms with E-state index in [0.717, 1.165) is 32.1 Å². The number of hydrogen-bond donors (Lipinski definition) is 7. The minimum Gasteiger partial charge on any atom is -0.394 e. The number of nitrogens with one attached hydrogen (secondary N) is 1. The predicted molar refractivity (Wildman–Crippen MR) is 310 cm³/mol. The quantitative estimate of drug-likeness (QED) is 0.0232. The normalized spacial score (nSPS) is 19.6. The molecule has 10 heteroatoms. The summed E-state index contributed by atoms with van der Waals surface area (Å²) in [6.45, 7) is 3.62. The lowest BCUT2D eigenvalue weighted by Crippen LogP contribution is -2.60. The van der Waals surface area contributed by atoms with Gasteiger partial charge in [-0.25, -0.2) is 0 Å². The zero-order valence-electron chi connectivity index (χ0n) is 48.2. The summed E-state index contributed by atoms with van der Waals surface area (Å²) in [5.74, 6) is -0.622. The highest BCUT2D eigenvalue weighted by molar-refractivity contribution is 5.80. The minimum absolute atomic E-state index is 0.306. The molecule has 1 fully saturated rings. The summed E-state index contributed by atoms with van der Waals surface area (Å²) in [7, 11) is 0. The van der Waals surface area contributed by atoms with E-state index in [-0.39, 0.29) is 6.61 Å². The fourth-order valence-electron chi connectivity index (χ4n) is 10.2. The van der Waals surface area contributed by atoms with Crippen LogP contribution in [0.1, 0.15) is 303 Å². The Balaban J connectivity index is 2.14. The summed E-state index contributed by atoms with van der Waals surface area (Å²) < 4.78 is 11.2. The van der Waals surface area contributed by atoms with Crippen LogP contribution in [0.2, 0.25) is 0 Å². The van der Waals surface area contributed by atoms with Crippen LogP contribution >= 0.6 is 0 Å². The molecule has 0 aromatic rings. The second-order valence-corrected chi connectivity index (χ2v) is 22.3. The van der Waals surface area contributed by atoms with Gasteiger partial charge < -0.3 is 45.4 Å². The van der Waals surface area contributed by atoms with Crippen LogP contribution in [0.15, 0.2) is 36.5 Å². The highest BCUT2D eigenvalue weighted by Crippen LogP contribution is 2.23. The summed E-state index contributed by atoms with van der Waals surface area (Å²) in [6, 6.07) is -0.996. The third-order valence-electron chi connectivity index (χ3n) is 15.3. The smallest absolute Gasteiger partial charge is 0.249 e. The number of ether oxygens (including phenoxy) is 2. The first-order valence-electron chi connectivity index (χ1n) is 31.8. The fourth-order valence-corrected chi connectivity index (χ4v) is 10.2. The maximum atomic E-state index is 13.1. The molecule has 0 aliphatic carbocycles. The van der Waals surface area contributed by atoms with Gasteiger partial charge in [-0.05, 0) is 57.8 Å². The van der Waals surface area contributed by atoms with E-state index in [4.69, 9.17) is 9.47 Å². The first-order chi connectivity index (χ1) is 36.3. The van der Waals surface area contributed by atoms with Gasteiger partial charge in [-0.2, -0.15) is 0 Å². The second-order valence-electron chi connectivity index (χ2n) is 22.3. The van der Waals surface area contributed by atoms with Crippen molar-refractivity contribution < 1.29 is 44.9 Å². The Kier molecular flexibility index (Phi) is 50.8. The third kappa shape index (κ3) is 41.5. The Hall–Kier alpha value is -1.63. The van der Waals surface area contributed by atoms with Crippen molar-refractivity contribution in [2.75, 3.05) is 13.2 Å². The van der Waals surface area contributed by atoms with Crippen LogP contribution in [0.3, 0.4) is 0 Å². The van der Waals surface area contributed by atoms with Gasteiger partial charge in [0.1, 0.15) is 30.5 Å². The molecular weight excluding hydrogens is 927 g/mol. The van der Waals surface area contributed by atoms with Crippen molar-refractivity contribution in [3.63, 3.8) is 0 Å². The molecule has 10 nitrogen and oxygen atoms in total. The van der Waals surface area contributed by atoms with Gasteiger partial charge in [-0.1, -0.05) is 281 Å². The lowest BCUT2D eigenvalue weighted by molar-refractivity contribution is -0.302. The summed E-state index contributed by atoms with van der Waals surface area (Å²) in [6.07, 6.45) is 60.0. The molecule has 0 spiro atoms. The van der Waals surface area contributed by atoms with Gasteiger partial charge in [0.05, 0.1) is 25.4 Å². The average Bonchev–Trinajstić information content (AvgIpc) is 3.40. The molecule has 0 aromatic heterocycles. The van der Waals surface area contributed by atoms with Gasteiger partial charge in [0.15, 0.2) is 6.29 Å². The maximum absolute atomic E-state index is 13.1.